The van der Waals surface area contributed by atoms with Gasteiger partial charge in [0.1, 0.15) is 0 Å². The SMILES string of the molecule is CC[C@H](C)c1ccccc1NC(=O)CSc1nnc(-c2ccccc2C)n1C. The number of amides is 1. The molecule has 0 fully saturated rings. The van der Waals surface area contributed by atoms with E-state index in [1.54, 1.807) is 0 Å². The lowest BCUT2D eigenvalue weighted by molar-refractivity contribution is -0.113. The smallest absolute Gasteiger partial charge is 0.234 e. The fraction of sp³-hybridized carbons (Fsp3) is 0.318. The molecule has 0 radical (unpaired) electrons. The van der Waals surface area contributed by atoms with Gasteiger partial charge in [-0.25, -0.2) is 0 Å². The highest BCUT2D eigenvalue weighted by molar-refractivity contribution is 7.99. The Labute approximate surface area is 170 Å². The molecule has 146 valence electrons. The van der Waals surface area contributed by atoms with Gasteiger partial charge >= 0.3 is 0 Å². The van der Waals surface area contributed by atoms with Crippen LogP contribution in [0.25, 0.3) is 11.4 Å². The summed E-state index contributed by atoms with van der Waals surface area (Å²) in [6.45, 7) is 6.38. The molecule has 1 atom stereocenters. The summed E-state index contributed by atoms with van der Waals surface area (Å²) >= 11 is 1.39. The normalized spacial score (nSPS) is 12.0. The van der Waals surface area contributed by atoms with Crippen LogP contribution in [0, 0.1) is 6.92 Å². The van der Waals surface area contributed by atoms with Crippen molar-refractivity contribution < 1.29 is 4.79 Å². The highest BCUT2D eigenvalue weighted by Crippen LogP contribution is 2.28. The third-order valence-electron chi connectivity index (χ3n) is 4.93. The molecule has 0 saturated carbocycles. The van der Waals surface area contributed by atoms with Crippen LogP contribution in [0.15, 0.2) is 53.7 Å². The van der Waals surface area contributed by atoms with Crippen molar-refractivity contribution in [2.45, 2.75) is 38.3 Å². The number of benzene rings is 2. The van der Waals surface area contributed by atoms with E-state index in [2.05, 4.69) is 48.4 Å². The molecule has 1 heterocycles. The molecule has 0 spiro atoms. The zero-order valence-corrected chi connectivity index (χ0v) is 17.6. The molecule has 1 amide bonds. The molecule has 0 unspecified atom stereocenters. The number of rotatable bonds is 7. The van der Waals surface area contributed by atoms with E-state index >= 15 is 0 Å². The maximum atomic E-state index is 12.5. The largest absolute Gasteiger partial charge is 0.325 e. The molecule has 0 aliphatic heterocycles. The minimum absolute atomic E-state index is 0.0406. The van der Waals surface area contributed by atoms with E-state index in [0.717, 1.165) is 34.2 Å². The predicted molar refractivity (Wildman–Crippen MR) is 116 cm³/mol. The Morgan fingerprint density at radius 2 is 1.86 bits per heavy atom. The van der Waals surface area contributed by atoms with Crippen LogP contribution in [0.2, 0.25) is 0 Å². The second kappa shape index (κ2) is 9.06. The lowest BCUT2D eigenvalue weighted by Gasteiger charge is -2.15. The van der Waals surface area contributed by atoms with Crippen molar-refractivity contribution in [2.24, 2.45) is 7.05 Å². The van der Waals surface area contributed by atoms with E-state index in [-0.39, 0.29) is 11.7 Å². The molecule has 3 aromatic rings. The first-order chi connectivity index (χ1) is 13.5. The molecule has 0 aliphatic rings. The van der Waals surface area contributed by atoms with Gasteiger partial charge in [0.15, 0.2) is 11.0 Å². The van der Waals surface area contributed by atoms with Crippen molar-refractivity contribution >= 4 is 23.4 Å². The summed E-state index contributed by atoms with van der Waals surface area (Å²) < 4.78 is 1.94. The minimum atomic E-state index is -0.0406. The lowest BCUT2D eigenvalue weighted by Crippen LogP contribution is -2.16. The molecule has 0 bridgehead atoms. The number of nitrogens with zero attached hydrogens (tertiary/aromatic N) is 3. The fourth-order valence-corrected chi connectivity index (χ4v) is 3.79. The summed E-state index contributed by atoms with van der Waals surface area (Å²) in [7, 11) is 1.93. The molecular weight excluding hydrogens is 368 g/mol. The standard InChI is InChI=1S/C22H26N4OS/c1-5-15(2)17-11-8-9-13-19(17)23-20(27)14-28-22-25-24-21(26(22)4)18-12-7-6-10-16(18)3/h6-13,15H,5,14H2,1-4H3,(H,23,27)/t15-/m0/s1. The first kappa shape index (κ1) is 20.1. The molecule has 2 aromatic carbocycles. The van der Waals surface area contributed by atoms with Gasteiger partial charge in [0, 0.05) is 18.3 Å². The van der Waals surface area contributed by atoms with Crippen LogP contribution >= 0.6 is 11.8 Å². The summed E-state index contributed by atoms with van der Waals surface area (Å²) in [5, 5.41) is 12.4. The number of hydrogen-bond donors (Lipinski definition) is 1. The van der Waals surface area contributed by atoms with Crippen LogP contribution in [0.5, 0.6) is 0 Å². The first-order valence-electron chi connectivity index (χ1n) is 9.48. The van der Waals surface area contributed by atoms with Crippen molar-refractivity contribution in [3.63, 3.8) is 0 Å². The molecule has 28 heavy (non-hydrogen) atoms. The minimum Gasteiger partial charge on any atom is -0.325 e. The molecule has 0 saturated heterocycles. The number of thioether (sulfide) groups is 1. The summed E-state index contributed by atoms with van der Waals surface area (Å²) in [5.41, 5.74) is 4.26. The van der Waals surface area contributed by atoms with Gasteiger partial charge in [-0.15, -0.1) is 10.2 Å². The van der Waals surface area contributed by atoms with Crippen LogP contribution in [0.3, 0.4) is 0 Å². The second-order valence-corrected chi connectivity index (χ2v) is 7.86. The fourth-order valence-electron chi connectivity index (χ4n) is 3.08. The van der Waals surface area contributed by atoms with E-state index < -0.39 is 0 Å². The van der Waals surface area contributed by atoms with Crippen molar-refractivity contribution in [3.05, 3.63) is 59.7 Å². The average Bonchev–Trinajstić information content (AvgIpc) is 3.07. The van der Waals surface area contributed by atoms with Gasteiger partial charge in [-0.05, 0) is 36.5 Å². The third-order valence-corrected chi connectivity index (χ3v) is 5.95. The van der Waals surface area contributed by atoms with Crippen LogP contribution in [-0.4, -0.2) is 26.4 Å². The average molecular weight is 395 g/mol. The second-order valence-electron chi connectivity index (χ2n) is 6.91. The number of anilines is 1. The molecule has 6 heteroatoms. The number of aromatic nitrogens is 3. The highest BCUT2D eigenvalue weighted by Gasteiger charge is 2.15. The van der Waals surface area contributed by atoms with E-state index in [0.29, 0.717) is 5.92 Å². The highest BCUT2D eigenvalue weighted by atomic mass is 32.2. The van der Waals surface area contributed by atoms with Gasteiger partial charge in [-0.1, -0.05) is 68.1 Å². The van der Waals surface area contributed by atoms with E-state index in [9.17, 15) is 4.79 Å². The van der Waals surface area contributed by atoms with Crippen molar-refractivity contribution in [2.75, 3.05) is 11.1 Å². The molecule has 5 nitrogen and oxygen atoms in total. The maximum absolute atomic E-state index is 12.5. The Kier molecular flexibility index (Phi) is 6.52. The summed E-state index contributed by atoms with van der Waals surface area (Å²) in [6.07, 6.45) is 1.03. The zero-order chi connectivity index (χ0) is 20.1. The van der Waals surface area contributed by atoms with Gasteiger partial charge in [0.2, 0.25) is 5.91 Å². The van der Waals surface area contributed by atoms with Crippen LogP contribution < -0.4 is 5.32 Å². The molecule has 1 N–H and O–H groups in total. The van der Waals surface area contributed by atoms with Crippen LogP contribution in [-0.2, 0) is 11.8 Å². The topological polar surface area (TPSA) is 59.8 Å². The number of carbonyl (C=O) groups is 1. The van der Waals surface area contributed by atoms with Gasteiger partial charge in [-0.3, -0.25) is 4.79 Å². The van der Waals surface area contributed by atoms with Crippen LogP contribution in [0.4, 0.5) is 5.69 Å². The molecule has 0 aliphatic carbocycles. The Bertz CT molecular complexity index is 967. The van der Waals surface area contributed by atoms with Crippen molar-refractivity contribution in [1.29, 1.82) is 0 Å². The number of hydrogen-bond acceptors (Lipinski definition) is 4. The number of para-hydroxylation sites is 1. The lowest BCUT2D eigenvalue weighted by atomic mass is 9.97. The van der Waals surface area contributed by atoms with E-state index in [1.165, 1.54) is 17.3 Å². The summed E-state index contributed by atoms with van der Waals surface area (Å²) in [6, 6.07) is 16.1. The monoisotopic (exact) mass is 394 g/mol. The Hall–Kier alpha value is -2.60. The number of aryl methyl sites for hydroxylation is 1. The molecule has 3 rings (SSSR count). The Balaban J connectivity index is 1.67. The van der Waals surface area contributed by atoms with Gasteiger partial charge in [0.25, 0.3) is 0 Å². The van der Waals surface area contributed by atoms with Gasteiger partial charge in [0.05, 0.1) is 5.75 Å². The predicted octanol–water partition coefficient (Wildman–Crippen LogP) is 5.03. The van der Waals surface area contributed by atoms with Crippen molar-refractivity contribution in [3.8, 4) is 11.4 Å². The Morgan fingerprint density at radius 3 is 2.61 bits per heavy atom. The van der Waals surface area contributed by atoms with Gasteiger partial charge in [-0.2, -0.15) is 0 Å². The van der Waals surface area contributed by atoms with Crippen LogP contribution in [0.1, 0.15) is 37.3 Å². The van der Waals surface area contributed by atoms with E-state index in [1.807, 2.05) is 48.0 Å². The summed E-state index contributed by atoms with van der Waals surface area (Å²) in [5.74, 6) is 1.46. The first-order valence-corrected chi connectivity index (χ1v) is 10.5. The summed E-state index contributed by atoms with van der Waals surface area (Å²) in [4.78, 5) is 12.5. The quantitative estimate of drug-likeness (QED) is 0.571. The maximum Gasteiger partial charge on any atom is 0.234 e. The number of carbonyl (C=O) groups excluding carboxylic acids is 1. The third kappa shape index (κ3) is 4.44. The Morgan fingerprint density at radius 1 is 1.14 bits per heavy atom. The van der Waals surface area contributed by atoms with E-state index in [4.69, 9.17) is 0 Å². The zero-order valence-electron chi connectivity index (χ0n) is 16.8. The van der Waals surface area contributed by atoms with Crippen molar-refractivity contribution in [1.82, 2.24) is 14.8 Å². The van der Waals surface area contributed by atoms with Gasteiger partial charge < -0.3 is 9.88 Å². The number of nitrogens with one attached hydrogen (secondary N) is 1. The molecular formula is C22H26N4OS. The molecule has 1 aromatic heterocycles.